The molecule has 0 radical (unpaired) electrons. The van der Waals surface area contributed by atoms with Gasteiger partial charge in [-0.05, 0) is 72.3 Å². The maximum Gasteiger partial charge on any atom is 0.296 e. The van der Waals surface area contributed by atoms with Gasteiger partial charge in [0, 0.05) is 5.57 Å². The molecule has 0 bridgehead atoms. The summed E-state index contributed by atoms with van der Waals surface area (Å²) in [5.74, 6) is -0.0294. The van der Waals surface area contributed by atoms with E-state index in [0.29, 0.717) is 22.3 Å². The van der Waals surface area contributed by atoms with Crippen molar-refractivity contribution in [2.75, 3.05) is 12.5 Å². The first-order valence-electron chi connectivity index (χ1n) is 13.7. The molecule has 0 saturated heterocycles. The van der Waals surface area contributed by atoms with Crippen LogP contribution < -0.4 is 10.2 Å². The van der Waals surface area contributed by atoms with Gasteiger partial charge in [-0.2, -0.15) is 37.4 Å². The normalized spacial score (nSPS) is 14.4. The fraction of sp³-hybridized carbons (Fsp3) is 0.0323. The Morgan fingerprint density at radius 3 is 2.19 bits per heavy atom. The highest BCUT2D eigenvalue weighted by atomic mass is 32.2. The second-order valence-corrected chi connectivity index (χ2v) is 12.9. The highest BCUT2D eigenvalue weighted by Crippen LogP contribution is 2.36. The van der Waals surface area contributed by atoms with Gasteiger partial charge < -0.3 is 4.74 Å². The van der Waals surface area contributed by atoms with Gasteiger partial charge in [-0.1, -0.05) is 24.3 Å². The maximum absolute atomic E-state index is 14.1. The van der Waals surface area contributed by atoms with E-state index < -0.39 is 31.0 Å². The van der Waals surface area contributed by atoms with E-state index in [0.717, 1.165) is 18.2 Å². The molecule has 1 aromatic heterocycles. The Hall–Kier alpha value is -6.06. The average molecular weight is 684 g/mol. The van der Waals surface area contributed by atoms with Crippen LogP contribution in [0.5, 0.6) is 5.75 Å². The van der Waals surface area contributed by atoms with Crippen molar-refractivity contribution in [3.63, 3.8) is 0 Å². The van der Waals surface area contributed by atoms with Crippen molar-refractivity contribution in [3.05, 3.63) is 102 Å². The lowest BCUT2D eigenvalue weighted by Crippen LogP contribution is -2.30. The number of anilines is 1. The minimum Gasteiger partial charge on any atom is -0.497 e. The Balaban J connectivity index is 1.43. The van der Waals surface area contributed by atoms with Crippen molar-refractivity contribution >= 4 is 71.1 Å². The fourth-order valence-corrected chi connectivity index (χ4v) is 6.03. The van der Waals surface area contributed by atoms with Crippen molar-refractivity contribution in [2.45, 2.75) is 9.79 Å². The third-order valence-corrected chi connectivity index (χ3v) is 8.88. The Morgan fingerprint density at radius 2 is 1.54 bits per heavy atom. The smallest absolute Gasteiger partial charge is 0.296 e. The summed E-state index contributed by atoms with van der Waals surface area (Å²) in [6.45, 7) is 0. The van der Waals surface area contributed by atoms with Crippen LogP contribution in [0.25, 0.3) is 22.2 Å². The summed E-state index contributed by atoms with van der Waals surface area (Å²) in [5, 5.41) is 22.4. The van der Waals surface area contributed by atoms with E-state index in [4.69, 9.17) is 9.29 Å². The standard InChI is InChI=1S/C31H21N7O8S2/c1-46-21-11-6-18(7-12-21)28-23(17-32)30-33-24-4-2-3-5-26(24)38(30)31(39)29(28)37-36-25-15-10-20(16-27(25)48(43,44)45)35-34-19-8-13-22(14-9-19)47(40,41)42/h2-16,36H,1H3,(H,40,41,42)(H,43,44,45)/b35-34?,37-29+. The molecule has 48 heavy (non-hydrogen) atoms. The molecule has 0 atom stereocenters. The number of nitrogens with zero attached hydrogens (tertiary/aromatic N) is 6. The summed E-state index contributed by atoms with van der Waals surface area (Å²) in [5.41, 5.74) is 3.70. The van der Waals surface area contributed by atoms with E-state index in [1.807, 2.05) is 0 Å². The quantitative estimate of drug-likeness (QED) is 0.105. The van der Waals surface area contributed by atoms with Crippen LogP contribution in [-0.2, 0) is 20.2 Å². The lowest BCUT2D eigenvalue weighted by molar-refractivity contribution is 0.0994. The van der Waals surface area contributed by atoms with Crippen molar-refractivity contribution in [2.24, 2.45) is 15.3 Å². The van der Waals surface area contributed by atoms with Crippen molar-refractivity contribution in [1.82, 2.24) is 9.55 Å². The number of hydrogen-bond donors (Lipinski definition) is 3. The summed E-state index contributed by atoms with van der Waals surface area (Å²) in [7, 11) is -7.82. The molecule has 0 unspecified atom stereocenters. The first kappa shape index (κ1) is 31.9. The molecule has 1 aliphatic heterocycles. The van der Waals surface area contributed by atoms with Gasteiger partial charge in [-0.3, -0.25) is 23.9 Å². The number of fused-ring (bicyclic) bond motifs is 3. The Morgan fingerprint density at radius 1 is 0.875 bits per heavy atom. The molecule has 0 amide bonds. The molecule has 2 heterocycles. The molecule has 0 fully saturated rings. The van der Waals surface area contributed by atoms with Crippen LogP contribution in [0.1, 0.15) is 16.2 Å². The predicted octanol–water partition coefficient (Wildman–Crippen LogP) is 5.51. The largest absolute Gasteiger partial charge is 0.497 e. The van der Waals surface area contributed by atoms with Crippen molar-refractivity contribution in [3.8, 4) is 11.8 Å². The fourth-order valence-electron chi connectivity index (χ4n) is 4.89. The topological polar surface area (TPSA) is 226 Å². The lowest BCUT2D eigenvalue weighted by atomic mass is 9.92. The van der Waals surface area contributed by atoms with E-state index in [9.17, 15) is 31.4 Å². The summed E-state index contributed by atoms with van der Waals surface area (Å²) in [6.07, 6.45) is 0. The minimum absolute atomic E-state index is 0.0199. The van der Waals surface area contributed by atoms with Crippen LogP contribution in [0, 0.1) is 11.3 Å². The SMILES string of the molecule is COc1ccc(C2=C(C#N)c3nc4ccccc4n3C(=O)/C2=N/Nc2ccc(N=Nc3ccc(S(=O)(=O)O)cc3)cc2S(=O)(=O)O)cc1. The molecule has 17 heteroatoms. The average Bonchev–Trinajstić information content (AvgIpc) is 3.46. The number of azo groups is 1. The Kier molecular flexibility index (Phi) is 8.16. The number of carbonyl (C=O) groups is 1. The zero-order valence-corrected chi connectivity index (χ0v) is 26.1. The second-order valence-electron chi connectivity index (χ2n) is 10.1. The van der Waals surface area contributed by atoms with E-state index in [1.165, 1.54) is 35.9 Å². The third-order valence-electron chi connectivity index (χ3n) is 7.11. The summed E-state index contributed by atoms with van der Waals surface area (Å²) < 4.78 is 73.0. The van der Waals surface area contributed by atoms with Gasteiger partial charge in [-0.15, -0.1) is 0 Å². The zero-order chi connectivity index (χ0) is 34.2. The number of ether oxygens (including phenoxy) is 1. The molecular weight excluding hydrogens is 663 g/mol. The monoisotopic (exact) mass is 683 g/mol. The van der Waals surface area contributed by atoms with Gasteiger partial charge in [0.05, 0.1) is 40.1 Å². The number of rotatable bonds is 8. The molecule has 0 spiro atoms. The molecule has 3 N–H and O–H groups in total. The highest BCUT2D eigenvalue weighted by molar-refractivity contribution is 7.86. The Bertz CT molecular complexity index is 2480. The van der Waals surface area contributed by atoms with Gasteiger partial charge in [0.1, 0.15) is 22.3 Å². The molecule has 6 rings (SSSR count). The molecule has 0 aliphatic carbocycles. The van der Waals surface area contributed by atoms with E-state index in [2.05, 4.69) is 31.8 Å². The number of carbonyl (C=O) groups excluding carboxylic acids is 1. The first-order valence-corrected chi connectivity index (χ1v) is 16.5. The lowest BCUT2D eigenvalue weighted by Gasteiger charge is -2.20. The van der Waals surface area contributed by atoms with Crippen molar-refractivity contribution < 1.29 is 35.5 Å². The molecule has 5 aromatic rings. The number of imidazole rings is 1. The van der Waals surface area contributed by atoms with E-state index in [-0.39, 0.29) is 44.6 Å². The van der Waals surface area contributed by atoms with Gasteiger partial charge in [0.25, 0.3) is 26.1 Å². The second kappa shape index (κ2) is 12.3. The van der Waals surface area contributed by atoms with Gasteiger partial charge in [0.2, 0.25) is 0 Å². The van der Waals surface area contributed by atoms with E-state index in [1.54, 1.807) is 48.5 Å². The molecular formula is C31H21N7O8S2. The van der Waals surface area contributed by atoms with Crippen LogP contribution >= 0.6 is 0 Å². The molecule has 15 nitrogen and oxygen atoms in total. The summed E-state index contributed by atoms with van der Waals surface area (Å²) in [6, 6.07) is 23.8. The minimum atomic E-state index is -4.89. The van der Waals surface area contributed by atoms with Crippen LogP contribution in [0.3, 0.4) is 0 Å². The number of methoxy groups -OCH3 is 1. The van der Waals surface area contributed by atoms with Crippen LogP contribution in [0.15, 0.2) is 116 Å². The zero-order valence-electron chi connectivity index (χ0n) is 24.5. The van der Waals surface area contributed by atoms with Crippen LogP contribution in [0.2, 0.25) is 0 Å². The van der Waals surface area contributed by atoms with Crippen LogP contribution in [0.4, 0.5) is 17.1 Å². The van der Waals surface area contributed by atoms with Gasteiger partial charge in [0.15, 0.2) is 11.5 Å². The first-order chi connectivity index (χ1) is 22.9. The highest BCUT2D eigenvalue weighted by Gasteiger charge is 2.35. The number of benzene rings is 4. The number of hydrazone groups is 1. The summed E-state index contributed by atoms with van der Waals surface area (Å²) >= 11 is 0. The van der Waals surface area contributed by atoms with Gasteiger partial charge in [-0.25, -0.2) is 4.98 Å². The predicted molar refractivity (Wildman–Crippen MR) is 174 cm³/mol. The molecule has 1 aliphatic rings. The molecule has 4 aromatic carbocycles. The Labute approximate surface area is 272 Å². The number of aromatic nitrogens is 2. The summed E-state index contributed by atoms with van der Waals surface area (Å²) in [4.78, 5) is 17.6. The van der Waals surface area contributed by atoms with Crippen LogP contribution in [-0.4, -0.2) is 54.2 Å². The number of para-hydroxylation sites is 2. The number of nitriles is 1. The number of nitrogens with one attached hydrogen (secondary N) is 1. The number of allylic oxidation sites excluding steroid dienone is 2. The maximum atomic E-state index is 14.1. The van der Waals surface area contributed by atoms with Gasteiger partial charge >= 0.3 is 0 Å². The number of hydrogen-bond acceptors (Lipinski definition) is 12. The third kappa shape index (κ3) is 6.06. The molecule has 0 saturated carbocycles. The molecule has 240 valence electrons. The van der Waals surface area contributed by atoms with Crippen molar-refractivity contribution in [1.29, 1.82) is 5.26 Å². The van der Waals surface area contributed by atoms with E-state index >= 15 is 0 Å².